The molecule has 0 aliphatic heterocycles. The Labute approximate surface area is 155 Å². The standard InChI is InChI=1S/C21H27N3O2/c1-15(24-21(25)20-10-5-7-17(20)13-22)16-6-4-9-19(12-16)26-14-18-8-2-3-11-23-18/h2-4,6,8-9,11-12,15,17,20H,5,7,10,13-14,22H2,1H3,(H,24,25)/t15?,17-,20-/m1/s1. The lowest BCUT2D eigenvalue weighted by atomic mass is 9.94. The molecule has 26 heavy (non-hydrogen) atoms. The second-order valence-corrected chi connectivity index (χ2v) is 6.95. The number of pyridine rings is 1. The van der Waals surface area contributed by atoms with E-state index >= 15 is 0 Å². The molecule has 3 N–H and O–H groups in total. The van der Waals surface area contributed by atoms with E-state index in [1.165, 1.54) is 0 Å². The van der Waals surface area contributed by atoms with Crippen molar-refractivity contribution >= 4 is 5.91 Å². The second-order valence-electron chi connectivity index (χ2n) is 6.95. The van der Waals surface area contributed by atoms with Gasteiger partial charge in [-0.3, -0.25) is 9.78 Å². The topological polar surface area (TPSA) is 77.2 Å². The third kappa shape index (κ3) is 4.61. The predicted octanol–water partition coefficient (Wildman–Crippen LogP) is 3.21. The highest BCUT2D eigenvalue weighted by Crippen LogP contribution is 2.31. The molecular formula is C21H27N3O2. The van der Waals surface area contributed by atoms with Gasteiger partial charge in [0, 0.05) is 12.1 Å². The van der Waals surface area contributed by atoms with Crippen LogP contribution >= 0.6 is 0 Å². The van der Waals surface area contributed by atoms with Crippen LogP contribution in [0.3, 0.4) is 0 Å². The second kappa shape index (κ2) is 8.81. The van der Waals surface area contributed by atoms with Crippen molar-refractivity contribution < 1.29 is 9.53 Å². The molecule has 0 saturated heterocycles. The molecule has 1 heterocycles. The van der Waals surface area contributed by atoms with Crippen molar-refractivity contribution in [2.75, 3.05) is 6.54 Å². The maximum Gasteiger partial charge on any atom is 0.223 e. The summed E-state index contributed by atoms with van der Waals surface area (Å²) in [6.45, 7) is 3.01. The van der Waals surface area contributed by atoms with Crippen molar-refractivity contribution in [1.29, 1.82) is 0 Å². The highest BCUT2D eigenvalue weighted by atomic mass is 16.5. The first-order chi connectivity index (χ1) is 12.7. The van der Waals surface area contributed by atoms with E-state index < -0.39 is 0 Å². The number of rotatable bonds is 7. The van der Waals surface area contributed by atoms with Gasteiger partial charge in [-0.05, 0) is 62.1 Å². The van der Waals surface area contributed by atoms with Gasteiger partial charge in [-0.15, -0.1) is 0 Å². The highest BCUT2D eigenvalue weighted by Gasteiger charge is 2.32. The minimum Gasteiger partial charge on any atom is -0.487 e. The van der Waals surface area contributed by atoms with Crippen LogP contribution in [0, 0.1) is 11.8 Å². The number of amides is 1. The van der Waals surface area contributed by atoms with Gasteiger partial charge in [0.05, 0.1) is 11.7 Å². The molecule has 3 rings (SSSR count). The van der Waals surface area contributed by atoms with Crippen LogP contribution in [0.15, 0.2) is 48.7 Å². The van der Waals surface area contributed by atoms with E-state index in [9.17, 15) is 4.79 Å². The molecule has 0 spiro atoms. The zero-order chi connectivity index (χ0) is 18.4. The van der Waals surface area contributed by atoms with Crippen LogP contribution in [0.4, 0.5) is 0 Å². The minimum absolute atomic E-state index is 0.0473. The molecule has 0 radical (unpaired) electrons. The zero-order valence-electron chi connectivity index (χ0n) is 15.2. The number of hydrogen-bond acceptors (Lipinski definition) is 4. The molecule has 1 aromatic carbocycles. The number of nitrogens with two attached hydrogens (primary N) is 1. The van der Waals surface area contributed by atoms with Crippen LogP contribution in [-0.2, 0) is 11.4 Å². The highest BCUT2D eigenvalue weighted by molar-refractivity contribution is 5.79. The smallest absolute Gasteiger partial charge is 0.223 e. The molecule has 1 aliphatic carbocycles. The van der Waals surface area contributed by atoms with Crippen LogP contribution in [0.5, 0.6) is 5.75 Å². The summed E-state index contributed by atoms with van der Waals surface area (Å²) in [6.07, 6.45) is 4.84. The number of nitrogens with zero attached hydrogens (tertiary/aromatic N) is 1. The number of aromatic nitrogens is 1. The van der Waals surface area contributed by atoms with Crippen molar-refractivity contribution in [3.63, 3.8) is 0 Å². The summed E-state index contributed by atoms with van der Waals surface area (Å²) in [7, 11) is 0. The van der Waals surface area contributed by atoms with Gasteiger partial charge in [-0.25, -0.2) is 0 Å². The SMILES string of the molecule is CC(NC(=O)[C@@H]1CCC[C@@H]1CN)c1cccc(OCc2ccccn2)c1. The lowest BCUT2D eigenvalue weighted by molar-refractivity contribution is -0.126. The zero-order valence-corrected chi connectivity index (χ0v) is 15.2. The summed E-state index contributed by atoms with van der Waals surface area (Å²) in [5.74, 6) is 1.25. The van der Waals surface area contributed by atoms with Gasteiger partial charge < -0.3 is 15.8 Å². The number of carbonyl (C=O) groups excluding carboxylic acids is 1. The molecule has 1 aromatic heterocycles. The number of ether oxygens (including phenoxy) is 1. The van der Waals surface area contributed by atoms with Crippen LogP contribution in [0.1, 0.15) is 43.5 Å². The minimum atomic E-state index is -0.0695. The average molecular weight is 353 g/mol. The van der Waals surface area contributed by atoms with Gasteiger partial charge >= 0.3 is 0 Å². The summed E-state index contributed by atoms with van der Waals surface area (Å²) in [4.78, 5) is 16.8. The van der Waals surface area contributed by atoms with Crippen molar-refractivity contribution in [3.05, 3.63) is 59.9 Å². The lowest BCUT2D eigenvalue weighted by Gasteiger charge is -2.21. The van der Waals surface area contributed by atoms with Gasteiger partial charge in [0.2, 0.25) is 5.91 Å². The third-order valence-corrected chi connectivity index (χ3v) is 5.13. The Balaban J connectivity index is 1.59. The first-order valence-corrected chi connectivity index (χ1v) is 9.30. The monoisotopic (exact) mass is 353 g/mol. The van der Waals surface area contributed by atoms with Gasteiger partial charge in [0.1, 0.15) is 12.4 Å². The molecule has 2 aromatic rings. The van der Waals surface area contributed by atoms with Crippen molar-refractivity contribution in [2.45, 2.75) is 38.8 Å². The van der Waals surface area contributed by atoms with Crippen molar-refractivity contribution in [3.8, 4) is 5.75 Å². The third-order valence-electron chi connectivity index (χ3n) is 5.13. The van der Waals surface area contributed by atoms with E-state index in [1.54, 1.807) is 6.20 Å². The first kappa shape index (κ1) is 18.4. The van der Waals surface area contributed by atoms with Gasteiger partial charge in [-0.2, -0.15) is 0 Å². The Kier molecular flexibility index (Phi) is 6.23. The molecule has 1 saturated carbocycles. The average Bonchev–Trinajstić information content (AvgIpc) is 3.16. The maximum absolute atomic E-state index is 12.6. The van der Waals surface area contributed by atoms with Crippen LogP contribution in [0.25, 0.3) is 0 Å². The summed E-state index contributed by atoms with van der Waals surface area (Å²) in [6, 6.07) is 13.5. The molecule has 138 valence electrons. The van der Waals surface area contributed by atoms with Crippen LogP contribution in [-0.4, -0.2) is 17.4 Å². The number of hydrogen-bond donors (Lipinski definition) is 2. The first-order valence-electron chi connectivity index (χ1n) is 9.30. The van der Waals surface area contributed by atoms with Crippen molar-refractivity contribution in [1.82, 2.24) is 10.3 Å². The Bertz CT molecular complexity index is 720. The van der Waals surface area contributed by atoms with E-state index in [0.717, 1.165) is 36.3 Å². The van der Waals surface area contributed by atoms with E-state index in [0.29, 0.717) is 19.1 Å². The van der Waals surface area contributed by atoms with Crippen LogP contribution < -0.4 is 15.8 Å². The maximum atomic E-state index is 12.6. The normalized spacial score (nSPS) is 20.5. The molecule has 5 nitrogen and oxygen atoms in total. The molecule has 5 heteroatoms. The molecule has 0 bridgehead atoms. The molecule has 3 atom stereocenters. The van der Waals surface area contributed by atoms with Crippen molar-refractivity contribution in [2.24, 2.45) is 17.6 Å². The molecule has 1 aliphatic rings. The van der Waals surface area contributed by atoms with E-state index in [1.807, 2.05) is 49.4 Å². The summed E-state index contributed by atoms with van der Waals surface area (Å²) < 4.78 is 5.83. The van der Waals surface area contributed by atoms with Crippen LogP contribution in [0.2, 0.25) is 0 Å². The summed E-state index contributed by atoms with van der Waals surface area (Å²) >= 11 is 0. The fourth-order valence-electron chi connectivity index (χ4n) is 3.58. The molecular weight excluding hydrogens is 326 g/mol. The Morgan fingerprint density at radius 2 is 2.19 bits per heavy atom. The molecule has 1 amide bonds. The van der Waals surface area contributed by atoms with Gasteiger partial charge in [0.25, 0.3) is 0 Å². The van der Waals surface area contributed by atoms with E-state index in [2.05, 4.69) is 10.3 Å². The van der Waals surface area contributed by atoms with Gasteiger partial charge in [0.15, 0.2) is 0 Å². The number of benzene rings is 1. The van der Waals surface area contributed by atoms with Gasteiger partial charge in [-0.1, -0.05) is 24.6 Å². The molecule has 1 unspecified atom stereocenters. The fourth-order valence-corrected chi connectivity index (χ4v) is 3.58. The number of nitrogens with one attached hydrogen (secondary N) is 1. The predicted molar refractivity (Wildman–Crippen MR) is 101 cm³/mol. The lowest BCUT2D eigenvalue weighted by Crippen LogP contribution is -2.36. The Hall–Kier alpha value is -2.40. The molecule has 1 fully saturated rings. The quantitative estimate of drug-likeness (QED) is 0.801. The largest absolute Gasteiger partial charge is 0.487 e. The summed E-state index contributed by atoms with van der Waals surface area (Å²) in [5.41, 5.74) is 7.71. The fraction of sp³-hybridized carbons (Fsp3) is 0.429. The Morgan fingerprint density at radius 3 is 2.96 bits per heavy atom. The van der Waals surface area contributed by atoms with E-state index in [4.69, 9.17) is 10.5 Å². The van der Waals surface area contributed by atoms with E-state index in [-0.39, 0.29) is 17.9 Å². The summed E-state index contributed by atoms with van der Waals surface area (Å²) in [5, 5.41) is 3.14. The number of carbonyl (C=O) groups is 1. The Morgan fingerprint density at radius 1 is 1.31 bits per heavy atom.